The van der Waals surface area contributed by atoms with E-state index in [1.807, 2.05) is 36.4 Å². The fourth-order valence-electron chi connectivity index (χ4n) is 3.00. The van der Waals surface area contributed by atoms with Crippen LogP contribution in [0.1, 0.15) is 0 Å². The van der Waals surface area contributed by atoms with Gasteiger partial charge < -0.3 is 10.2 Å². The van der Waals surface area contributed by atoms with Gasteiger partial charge in [-0.05, 0) is 69.4 Å². The second-order valence-corrected chi connectivity index (χ2v) is 5.84. The molecule has 0 aliphatic rings. The van der Waals surface area contributed by atoms with Gasteiger partial charge in [0.2, 0.25) is 0 Å². The molecule has 0 saturated carbocycles. The summed E-state index contributed by atoms with van der Waals surface area (Å²) in [4.78, 5) is 0. The maximum Gasteiger partial charge on any atom is 0.115 e. The van der Waals surface area contributed by atoms with Gasteiger partial charge in [0.1, 0.15) is 11.5 Å². The Morgan fingerprint density at radius 2 is 0.833 bits per heavy atom. The van der Waals surface area contributed by atoms with Gasteiger partial charge in [-0.15, -0.1) is 0 Å². The summed E-state index contributed by atoms with van der Waals surface area (Å²) < 4.78 is 0. The van der Waals surface area contributed by atoms with E-state index < -0.39 is 0 Å². The van der Waals surface area contributed by atoms with Crippen molar-refractivity contribution in [1.82, 2.24) is 0 Å². The summed E-state index contributed by atoms with van der Waals surface area (Å²) in [5, 5.41) is 21.5. The highest BCUT2D eigenvalue weighted by molar-refractivity contribution is 5.96. The minimum atomic E-state index is 0.255. The molecule has 4 aromatic rings. The van der Waals surface area contributed by atoms with E-state index in [2.05, 4.69) is 24.3 Å². The quantitative estimate of drug-likeness (QED) is 0.507. The maximum atomic E-state index is 9.56. The van der Waals surface area contributed by atoms with Crippen LogP contribution in [0.3, 0.4) is 0 Å². The average Bonchev–Trinajstić information content (AvgIpc) is 2.62. The van der Waals surface area contributed by atoms with Crippen molar-refractivity contribution in [1.29, 1.82) is 0 Å². The van der Waals surface area contributed by atoms with Crippen molar-refractivity contribution in [2.45, 2.75) is 0 Å². The zero-order valence-electron chi connectivity index (χ0n) is 13.0. The predicted octanol–water partition coefficient (Wildman–Crippen LogP) is 5.59. The number of aromatic hydroxyl groups is 2. The van der Waals surface area contributed by atoms with Gasteiger partial charge >= 0.3 is 0 Å². The van der Waals surface area contributed by atoms with Crippen molar-refractivity contribution in [2.24, 2.45) is 0 Å². The van der Waals surface area contributed by atoms with Crippen molar-refractivity contribution in [3.05, 3.63) is 84.9 Å². The van der Waals surface area contributed by atoms with Gasteiger partial charge in [-0.3, -0.25) is 0 Å². The Bertz CT molecular complexity index is 916. The largest absolute Gasteiger partial charge is 0.508 e. The van der Waals surface area contributed by atoms with Crippen molar-refractivity contribution < 1.29 is 10.2 Å². The molecule has 0 unspecified atom stereocenters. The van der Waals surface area contributed by atoms with E-state index in [1.54, 1.807) is 24.3 Å². The molecule has 0 aliphatic carbocycles. The first-order chi connectivity index (χ1) is 11.7. The van der Waals surface area contributed by atoms with Crippen LogP contribution in [-0.2, 0) is 0 Å². The van der Waals surface area contributed by atoms with Gasteiger partial charge in [0.25, 0.3) is 0 Å². The first kappa shape index (κ1) is 14.3. The fraction of sp³-hybridized carbons (Fsp3) is 0. The van der Waals surface area contributed by atoms with Gasteiger partial charge in [0.15, 0.2) is 0 Å². The van der Waals surface area contributed by atoms with Crippen LogP contribution < -0.4 is 0 Å². The minimum absolute atomic E-state index is 0.255. The lowest BCUT2D eigenvalue weighted by molar-refractivity contribution is 0.475. The van der Waals surface area contributed by atoms with E-state index >= 15 is 0 Å². The Morgan fingerprint density at radius 3 is 1.21 bits per heavy atom. The van der Waals surface area contributed by atoms with Crippen molar-refractivity contribution in [3.63, 3.8) is 0 Å². The average molecular weight is 312 g/mol. The van der Waals surface area contributed by atoms with E-state index in [0.29, 0.717) is 0 Å². The third kappa shape index (κ3) is 2.59. The molecule has 24 heavy (non-hydrogen) atoms. The summed E-state index contributed by atoms with van der Waals surface area (Å²) in [7, 11) is 0. The maximum absolute atomic E-state index is 9.56. The highest BCUT2D eigenvalue weighted by Gasteiger charge is 2.10. The Hall–Kier alpha value is -3.26. The molecule has 0 saturated heterocycles. The van der Waals surface area contributed by atoms with Gasteiger partial charge in [-0.1, -0.05) is 48.5 Å². The van der Waals surface area contributed by atoms with Crippen LogP contribution in [0.5, 0.6) is 11.5 Å². The summed E-state index contributed by atoms with van der Waals surface area (Å²) in [6, 6.07) is 27.1. The van der Waals surface area contributed by atoms with E-state index in [4.69, 9.17) is 0 Å². The molecule has 4 aromatic carbocycles. The van der Waals surface area contributed by atoms with Crippen LogP contribution in [0.4, 0.5) is 0 Å². The van der Waals surface area contributed by atoms with Crippen LogP contribution >= 0.6 is 0 Å². The highest BCUT2D eigenvalue weighted by atomic mass is 16.3. The van der Waals surface area contributed by atoms with Crippen LogP contribution in [0, 0.1) is 0 Å². The lowest BCUT2D eigenvalue weighted by Gasteiger charge is -2.13. The Balaban J connectivity index is 2.00. The molecule has 2 heteroatoms. The molecule has 0 heterocycles. The summed E-state index contributed by atoms with van der Waals surface area (Å²) in [5.74, 6) is 0.511. The molecular weight excluding hydrogens is 296 g/mol. The summed E-state index contributed by atoms with van der Waals surface area (Å²) in [6.07, 6.45) is 0. The lowest BCUT2D eigenvalue weighted by Crippen LogP contribution is -1.87. The molecule has 116 valence electrons. The molecule has 0 fully saturated rings. The smallest absolute Gasteiger partial charge is 0.115 e. The van der Waals surface area contributed by atoms with Gasteiger partial charge in [-0.2, -0.15) is 0 Å². The summed E-state index contributed by atoms with van der Waals surface area (Å²) in [6.45, 7) is 0. The first-order valence-corrected chi connectivity index (χ1v) is 7.82. The number of hydrogen-bond donors (Lipinski definition) is 2. The van der Waals surface area contributed by atoms with Gasteiger partial charge in [0, 0.05) is 0 Å². The summed E-state index contributed by atoms with van der Waals surface area (Å²) in [5.41, 5.74) is 4.28. The molecule has 0 aliphatic heterocycles. The minimum Gasteiger partial charge on any atom is -0.508 e. The van der Waals surface area contributed by atoms with Gasteiger partial charge in [-0.25, -0.2) is 0 Å². The molecule has 0 atom stereocenters. The van der Waals surface area contributed by atoms with Crippen LogP contribution in [-0.4, -0.2) is 10.2 Å². The molecule has 2 nitrogen and oxygen atoms in total. The Morgan fingerprint density at radius 1 is 0.458 bits per heavy atom. The van der Waals surface area contributed by atoms with E-state index in [1.165, 1.54) is 10.8 Å². The third-order valence-corrected chi connectivity index (χ3v) is 4.24. The zero-order valence-corrected chi connectivity index (χ0v) is 13.0. The second-order valence-electron chi connectivity index (χ2n) is 5.84. The molecule has 0 amide bonds. The summed E-state index contributed by atoms with van der Waals surface area (Å²) >= 11 is 0. The molecule has 0 aromatic heterocycles. The number of phenolic OH excluding ortho intramolecular Hbond substituents is 2. The number of phenols is 2. The number of benzene rings is 4. The van der Waals surface area contributed by atoms with Crippen LogP contribution in [0.15, 0.2) is 84.9 Å². The second kappa shape index (κ2) is 5.74. The van der Waals surface area contributed by atoms with E-state index in [0.717, 1.165) is 22.3 Å². The molecule has 0 radical (unpaired) electrons. The van der Waals surface area contributed by atoms with E-state index in [-0.39, 0.29) is 11.5 Å². The normalized spacial score (nSPS) is 10.8. The molecule has 4 rings (SSSR count). The standard InChI is InChI=1S/C22H16O2/c23-19-9-5-15(6-10-19)21-13-17-3-1-2-4-18(17)14-22(21)16-7-11-20(24)12-8-16/h1-14,23-24H. The molecule has 0 bridgehead atoms. The predicted molar refractivity (Wildman–Crippen MR) is 98.1 cm³/mol. The Labute approximate surface area is 140 Å². The first-order valence-electron chi connectivity index (χ1n) is 7.82. The van der Waals surface area contributed by atoms with Crippen molar-refractivity contribution in [2.75, 3.05) is 0 Å². The zero-order chi connectivity index (χ0) is 16.5. The topological polar surface area (TPSA) is 40.5 Å². The fourth-order valence-corrected chi connectivity index (χ4v) is 3.00. The number of rotatable bonds is 2. The Kier molecular flexibility index (Phi) is 3.43. The molecule has 0 spiro atoms. The van der Waals surface area contributed by atoms with Crippen molar-refractivity contribution in [3.8, 4) is 33.8 Å². The molecular formula is C22H16O2. The van der Waals surface area contributed by atoms with Crippen molar-refractivity contribution >= 4 is 10.8 Å². The monoisotopic (exact) mass is 312 g/mol. The van der Waals surface area contributed by atoms with Gasteiger partial charge in [0.05, 0.1) is 0 Å². The lowest BCUT2D eigenvalue weighted by atomic mass is 9.91. The van der Waals surface area contributed by atoms with Crippen LogP contribution in [0.2, 0.25) is 0 Å². The van der Waals surface area contributed by atoms with E-state index in [9.17, 15) is 10.2 Å². The SMILES string of the molecule is Oc1ccc(-c2cc3ccccc3cc2-c2ccc(O)cc2)cc1. The number of fused-ring (bicyclic) bond motifs is 1. The number of hydrogen-bond acceptors (Lipinski definition) is 2. The highest BCUT2D eigenvalue weighted by Crippen LogP contribution is 2.36. The third-order valence-electron chi connectivity index (χ3n) is 4.24. The van der Waals surface area contributed by atoms with Crippen LogP contribution in [0.25, 0.3) is 33.0 Å². The molecule has 2 N–H and O–H groups in total.